The van der Waals surface area contributed by atoms with E-state index >= 15 is 0 Å². The molecule has 2 aliphatic rings. The summed E-state index contributed by atoms with van der Waals surface area (Å²) in [6, 6.07) is 5.99. The zero-order valence-corrected chi connectivity index (χ0v) is 11.6. The third-order valence-electron chi connectivity index (χ3n) is 4.14. The molecule has 2 fully saturated rings. The van der Waals surface area contributed by atoms with Crippen LogP contribution < -0.4 is 4.74 Å². The summed E-state index contributed by atoms with van der Waals surface area (Å²) >= 11 is 0. The van der Waals surface area contributed by atoms with Crippen molar-refractivity contribution in [3.05, 3.63) is 29.8 Å². The number of piperazine rings is 1. The van der Waals surface area contributed by atoms with Crippen molar-refractivity contribution in [2.45, 2.75) is 31.4 Å². The van der Waals surface area contributed by atoms with Gasteiger partial charge in [0.25, 0.3) is 0 Å². The van der Waals surface area contributed by atoms with Gasteiger partial charge in [-0.2, -0.15) is 0 Å². The maximum atomic E-state index is 12.1. The molecule has 0 radical (unpaired) electrons. The maximum Gasteiger partial charge on any atom is 0.573 e. The third kappa shape index (κ3) is 3.11. The van der Waals surface area contributed by atoms with Crippen molar-refractivity contribution in [1.29, 1.82) is 0 Å². The number of rotatable bonds is 3. The van der Waals surface area contributed by atoms with Gasteiger partial charge in [-0.3, -0.25) is 4.90 Å². The van der Waals surface area contributed by atoms with Crippen LogP contribution in [-0.4, -0.2) is 52.5 Å². The molecule has 0 saturated carbocycles. The van der Waals surface area contributed by atoms with Gasteiger partial charge >= 0.3 is 12.5 Å². The Morgan fingerprint density at radius 1 is 1.23 bits per heavy atom. The van der Waals surface area contributed by atoms with Gasteiger partial charge in [0.1, 0.15) is 5.75 Å². The average Bonchev–Trinajstić information content (AvgIpc) is 2.99. The molecule has 0 aliphatic carbocycles. The number of alkyl halides is 3. The molecule has 2 saturated heterocycles. The van der Waals surface area contributed by atoms with Crippen LogP contribution in [0.4, 0.5) is 18.0 Å². The van der Waals surface area contributed by atoms with Crippen LogP contribution in [0.5, 0.6) is 5.75 Å². The summed E-state index contributed by atoms with van der Waals surface area (Å²) < 4.78 is 40.1. The molecule has 1 aromatic carbocycles. The van der Waals surface area contributed by atoms with Gasteiger partial charge in [-0.1, -0.05) is 12.1 Å². The van der Waals surface area contributed by atoms with Crippen molar-refractivity contribution in [1.82, 2.24) is 9.80 Å². The number of ether oxygens (including phenoxy) is 1. The number of hydrogen-bond acceptors (Lipinski definition) is 3. The Morgan fingerprint density at radius 3 is 2.41 bits per heavy atom. The number of likely N-dealkylation sites (tertiary alicyclic amines) is 2. The fourth-order valence-electron chi connectivity index (χ4n) is 3.21. The van der Waals surface area contributed by atoms with E-state index in [0.29, 0.717) is 19.6 Å². The Balaban J connectivity index is 1.58. The lowest BCUT2D eigenvalue weighted by Crippen LogP contribution is -2.47. The van der Waals surface area contributed by atoms with Crippen LogP contribution in [0, 0.1) is 0 Å². The van der Waals surface area contributed by atoms with Crippen LogP contribution in [0.2, 0.25) is 0 Å². The Bertz CT molecular complexity index is 561. The van der Waals surface area contributed by atoms with Gasteiger partial charge in [-0.25, -0.2) is 4.79 Å². The summed E-state index contributed by atoms with van der Waals surface area (Å²) in [7, 11) is 0. The van der Waals surface area contributed by atoms with Crippen molar-refractivity contribution in [3.63, 3.8) is 0 Å². The normalized spacial score (nSPS) is 24.8. The van der Waals surface area contributed by atoms with Crippen molar-refractivity contribution in [3.8, 4) is 5.75 Å². The minimum absolute atomic E-state index is 0.0235. The highest BCUT2D eigenvalue weighted by molar-refractivity contribution is 5.66. The molecular formula is C14H15F3N2O3. The standard InChI is InChI=1S/C14H15F3N2O3/c15-14(16,17)22-12-3-1-9(2-4-12)6-18-7-11-5-10(18)8-19(11)13(20)21/h1-4,10-11H,5-8H2,(H,20,21). The van der Waals surface area contributed by atoms with E-state index in [1.165, 1.54) is 17.0 Å². The lowest BCUT2D eigenvalue weighted by atomic mass is 10.2. The number of benzene rings is 1. The first-order valence-electron chi connectivity index (χ1n) is 6.90. The summed E-state index contributed by atoms with van der Waals surface area (Å²) in [6.07, 6.45) is -4.75. The van der Waals surface area contributed by atoms with Gasteiger partial charge < -0.3 is 14.7 Å². The molecule has 1 aromatic rings. The molecule has 2 heterocycles. The molecule has 2 unspecified atom stereocenters. The molecule has 120 valence electrons. The van der Waals surface area contributed by atoms with E-state index in [1.807, 2.05) is 0 Å². The molecular weight excluding hydrogens is 301 g/mol. The lowest BCUT2D eigenvalue weighted by molar-refractivity contribution is -0.274. The van der Waals surface area contributed by atoms with E-state index < -0.39 is 12.5 Å². The predicted molar refractivity (Wildman–Crippen MR) is 70.5 cm³/mol. The second kappa shape index (κ2) is 5.35. The zero-order valence-electron chi connectivity index (χ0n) is 11.6. The summed E-state index contributed by atoms with van der Waals surface area (Å²) in [5, 5.41) is 9.04. The summed E-state index contributed by atoms with van der Waals surface area (Å²) in [5.74, 6) is -0.240. The van der Waals surface area contributed by atoms with E-state index in [2.05, 4.69) is 9.64 Å². The monoisotopic (exact) mass is 316 g/mol. The van der Waals surface area contributed by atoms with Crippen LogP contribution in [0.25, 0.3) is 0 Å². The first kappa shape index (κ1) is 15.0. The van der Waals surface area contributed by atoms with E-state index in [-0.39, 0.29) is 17.8 Å². The highest BCUT2D eigenvalue weighted by atomic mass is 19.4. The van der Waals surface area contributed by atoms with Crippen LogP contribution in [-0.2, 0) is 6.54 Å². The Hall–Kier alpha value is -1.96. The molecule has 1 amide bonds. The fraction of sp³-hybridized carbons (Fsp3) is 0.500. The molecule has 1 N–H and O–H groups in total. The summed E-state index contributed by atoms with van der Waals surface area (Å²) in [5.41, 5.74) is 0.879. The Kier molecular flexibility index (Phi) is 3.64. The Morgan fingerprint density at radius 2 is 1.91 bits per heavy atom. The topological polar surface area (TPSA) is 53.0 Å². The molecule has 0 spiro atoms. The third-order valence-corrected chi connectivity index (χ3v) is 4.14. The molecule has 2 atom stereocenters. The first-order valence-corrected chi connectivity index (χ1v) is 6.90. The zero-order chi connectivity index (χ0) is 15.9. The summed E-state index contributed by atoms with van der Waals surface area (Å²) in [6.45, 7) is 1.76. The van der Waals surface area contributed by atoms with Crippen molar-refractivity contribution in [2.75, 3.05) is 13.1 Å². The predicted octanol–water partition coefficient (Wildman–Crippen LogP) is 2.52. The van der Waals surface area contributed by atoms with E-state index in [0.717, 1.165) is 12.0 Å². The van der Waals surface area contributed by atoms with Gasteiger partial charge in [-0.05, 0) is 24.1 Å². The van der Waals surface area contributed by atoms with Crippen molar-refractivity contribution < 1.29 is 27.8 Å². The number of carbonyl (C=O) groups is 1. The number of nitrogens with zero attached hydrogens (tertiary/aromatic N) is 2. The largest absolute Gasteiger partial charge is 0.573 e. The van der Waals surface area contributed by atoms with Gasteiger partial charge in [0, 0.05) is 31.7 Å². The number of carboxylic acid groups (broad SMARTS) is 1. The van der Waals surface area contributed by atoms with Crippen LogP contribution in [0.3, 0.4) is 0 Å². The number of fused-ring (bicyclic) bond motifs is 2. The molecule has 5 nitrogen and oxygen atoms in total. The average molecular weight is 316 g/mol. The number of halogens is 3. The lowest BCUT2D eigenvalue weighted by Gasteiger charge is -2.32. The minimum atomic E-state index is -4.68. The molecule has 2 bridgehead atoms. The highest BCUT2D eigenvalue weighted by Crippen LogP contribution is 2.32. The van der Waals surface area contributed by atoms with Gasteiger partial charge in [0.2, 0.25) is 0 Å². The fourth-order valence-corrected chi connectivity index (χ4v) is 3.21. The van der Waals surface area contributed by atoms with E-state index in [9.17, 15) is 18.0 Å². The van der Waals surface area contributed by atoms with Crippen molar-refractivity contribution in [2.24, 2.45) is 0 Å². The SMILES string of the molecule is O=C(O)N1CC2CC1CN2Cc1ccc(OC(F)(F)F)cc1. The second-order valence-electron chi connectivity index (χ2n) is 5.60. The Labute approximate surface area is 124 Å². The van der Waals surface area contributed by atoms with Crippen LogP contribution in [0.1, 0.15) is 12.0 Å². The number of hydrogen-bond donors (Lipinski definition) is 1. The van der Waals surface area contributed by atoms with Gasteiger partial charge in [0.15, 0.2) is 0 Å². The quantitative estimate of drug-likeness (QED) is 0.931. The minimum Gasteiger partial charge on any atom is -0.465 e. The first-order chi connectivity index (χ1) is 10.3. The maximum absolute atomic E-state index is 12.1. The molecule has 0 aromatic heterocycles. The smallest absolute Gasteiger partial charge is 0.465 e. The molecule has 8 heteroatoms. The molecule has 2 aliphatic heterocycles. The van der Waals surface area contributed by atoms with Gasteiger partial charge in [-0.15, -0.1) is 13.2 Å². The van der Waals surface area contributed by atoms with Crippen LogP contribution in [0.15, 0.2) is 24.3 Å². The van der Waals surface area contributed by atoms with Crippen LogP contribution >= 0.6 is 0 Å². The van der Waals surface area contributed by atoms with Crippen molar-refractivity contribution >= 4 is 6.09 Å². The summed E-state index contributed by atoms with van der Waals surface area (Å²) in [4.78, 5) is 14.6. The van der Waals surface area contributed by atoms with E-state index in [1.54, 1.807) is 12.1 Å². The number of amides is 1. The molecule has 3 rings (SSSR count). The highest BCUT2D eigenvalue weighted by Gasteiger charge is 2.45. The molecule has 22 heavy (non-hydrogen) atoms. The van der Waals surface area contributed by atoms with Gasteiger partial charge in [0.05, 0.1) is 0 Å². The van der Waals surface area contributed by atoms with E-state index in [4.69, 9.17) is 5.11 Å². The second-order valence-corrected chi connectivity index (χ2v) is 5.60.